The van der Waals surface area contributed by atoms with Gasteiger partial charge in [0.05, 0.1) is 24.6 Å². The summed E-state index contributed by atoms with van der Waals surface area (Å²) in [6, 6.07) is 17.0. The lowest BCUT2D eigenvalue weighted by atomic mass is 10.2. The molecule has 2 aromatic rings. The molecule has 8 heteroatoms. The first-order valence-electron chi connectivity index (χ1n) is 8.19. The lowest BCUT2D eigenvalue weighted by molar-refractivity contribution is 0.0944. The summed E-state index contributed by atoms with van der Waals surface area (Å²) in [5.41, 5.74) is 5.70. The minimum Gasteiger partial charge on any atom is -0.394 e. The topological polar surface area (TPSA) is 123 Å². The van der Waals surface area contributed by atoms with Gasteiger partial charge in [-0.15, -0.1) is 0 Å². The van der Waals surface area contributed by atoms with Crippen molar-refractivity contribution in [1.29, 1.82) is 0 Å². The Morgan fingerprint density at radius 2 is 1.44 bits per heavy atom. The van der Waals surface area contributed by atoms with Crippen LogP contribution in [0.25, 0.3) is 0 Å². The predicted octanol–water partition coefficient (Wildman–Crippen LogP) is 0.932. The van der Waals surface area contributed by atoms with Gasteiger partial charge in [-0.25, -0.2) is 10.9 Å². The number of carbonyl (C=O) groups is 2. The number of carbonyl (C=O) groups excluding carboxylic acids is 2. The van der Waals surface area contributed by atoms with Crippen LogP contribution in [0, 0.1) is 0 Å². The van der Waals surface area contributed by atoms with E-state index in [4.69, 9.17) is 5.11 Å². The van der Waals surface area contributed by atoms with E-state index in [0.717, 1.165) is 0 Å². The Morgan fingerprint density at radius 1 is 0.926 bits per heavy atom. The third kappa shape index (κ3) is 6.81. The van der Waals surface area contributed by atoms with Crippen LogP contribution in [0.15, 0.2) is 70.9 Å². The number of nitrogens with one attached hydrogen (secondary N) is 2. The molecule has 0 aromatic heterocycles. The number of rotatable bonds is 8. The van der Waals surface area contributed by atoms with Crippen molar-refractivity contribution in [2.24, 2.45) is 10.2 Å². The van der Waals surface area contributed by atoms with Crippen molar-refractivity contribution in [1.82, 2.24) is 10.9 Å². The van der Waals surface area contributed by atoms with Crippen LogP contribution >= 0.6 is 0 Å². The smallest absolute Gasteiger partial charge is 0.271 e. The summed E-state index contributed by atoms with van der Waals surface area (Å²) in [5, 5.41) is 26.3. The van der Waals surface area contributed by atoms with Crippen molar-refractivity contribution in [3.63, 3.8) is 0 Å². The highest BCUT2D eigenvalue weighted by molar-refractivity contribution is 6.31. The molecule has 0 aliphatic heterocycles. The third-order valence-electron chi connectivity index (χ3n) is 3.41. The van der Waals surface area contributed by atoms with E-state index in [2.05, 4.69) is 21.1 Å². The van der Waals surface area contributed by atoms with E-state index in [9.17, 15) is 14.7 Å². The third-order valence-corrected chi connectivity index (χ3v) is 3.41. The highest BCUT2D eigenvalue weighted by Gasteiger charge is 2.09. The Balaban J connectivity index is 2.02. The molecule has 8 nitrogen and oxygen atoms in total. The summed E-state index contributed by atoms with van der Waals surface area (Å²) in [5.74, 6) is -0.851. The van der Waals surface area contributed by atoms with Gasteiger partial charge in [0.25, 0.3) is 11.8 Å². The van der Waals surface area contributed by atoms with E-state index < -0.39 is 24.5 Å². The molecule has 2 rings (SSSR count). The van der Waals surface area contributed by atoms with Gasteiger partial charge in [-0.1, -0.05) is 36.4 Å². The SMILES string of the molecule is O=C(NN=CC(CC(O)CO)=NNC(=O)c1ccccc1)c1ccccc1. The fourth-order valence-electron chi connectivity index (χ4n) is 2.03. The summed E-state index contributed by atoms with van der Waals surface area (Å²) in [6.07, 6.45) is 0.0648. The molecule has 2 amide bonds. The van der Waals surface area contributed by atoms with Crippen molar-refractivity contribution in [3.8, 4) is 0 Å². The first-order chi connectivity index (χ1) is 13.1. The molecular formula is C19H20N4O4. The molecule has 0 saturated heterocycles. The zero-order chi connectivity index (χ0) is 19.5. The number of hydrogen-bond acceptors (Lipinski definition) is 6. The average Bonchev–Trinajstić information content (AvgIpc) is 2.72. The molecule has 2 aromatic carbocycles. The van der Waals surface area contributed by atoms with E-state index in [-0.39, 0.29) is 12.1 Å². The van der Waals surface area contributed by atoms with Crippen molar-refractivity contribution < 1.29 is 19.8 Å². The zero-order valence-electron chi connectivity index (χ0n) is 14.4. The Kier molecular flexibility index (Phi) is 7.83. The van der Waals surface area contributed by atoms with Gasteiger partial charge >= 0.3 is 0 Å². The molecule has 0 fully saturated rings. The zero-order valence-corrected chi connectivity index (χ0v) is 14.4. The van der Waals surface area contributed by atoms with Crippen LogP contribution in [0.2, 0.25) is 0 Å². The Labute approximate surface area is 156 Å². The lowest BCUT2D eigenvalue weighted by Crippen LogP contribution is -2.25. The molecule has 4 N–H and O–H groups in total. The first-order valence-corrected chi connectivity index (χ1v) is 8.19. The van der Waals surface area contributed by atoms with Crippen LogP contribution in [0.3, 0.4) is 0 Å². The van der Waals surface area contributed by atoms with Gasteiger partial charge in [-0.3, -0.25) is 9.59 Å². The van der Waals surface area contributed by atoms with Crippen molar-refractivity contribution in [3.05, 3.63) is 71.8 Å². The van der Waals surface area contributed by atoms with Crippen LogP contribution < -0.4 is 10.9 Å². The van der Waals surface area contributed by atoms with E-state index in [1.807, 2.05) is 0 Å². The van der Waals surface area contributed by atoms with Crippen LogP contribution in [0.5, 0.6) is 0 Å². The number of hydrogen-bond donors (Lipinski definition) is 4. The van der Waals surface area contributed by atoms with Crippen molar-refractivity contribution >= 4 is 23.7 Å². The molecule has 0 aliphatic rings. The number of aliphatic hydroxyl groups is 2. The Bertz CT molecular complexity index is 807. The molecule has 0 radical (unpaired) electrons. The standard InChI is InChI=1S/C19H20N4O4/c24-13-17(25)11-16(21-23-19(27)15-9-5-2-6-10-15)12-20-22-18(26)14-7-3-1-4-8-14/h1-10,12,17,24-25H,11,13H2,(H,22,26)(H,23,27). The van der Waals surface area contributed by atoms with Gasteiger partial charge in [-0.05, 0) is 24.3 Å². The molecule has 0 spiro atoms. The van der Waals surface area contributed by atoms with Crippen LogP contribution in [0.4, 0.5) is 0 Å². The van der Waals surface area contributed by atoms with E-state index in [0.29, 0.717) is 11.1 Å². The summed E-state index contributed by atoms with van der Waals surface area (Å²) >= 11 is 0. The number of nitrogens with zero attached hydrogens (tertiary/aromatic N) is 2. The molecular weight excluding hydrogens is 348 g/mol. The van der Waals surface area contributed by atoms with Crippen molar-refractivity contribution in [2.75, 3.05) is 6.61 Å². The van der Waals surface area contributed by atoms with Gasteiger partial charge < -0.3 is 10.2 Å². The summed E-state index contributed by atoms with van der Waals surface area (Å²) in [4.78, 5) is 24.0. The van der Waals surface area contributed by atoms with Gasteiger partial charge in [-0.2, -0.15) is 10.2 Å². The second kappa shape index (κ2) is 10.6. The van der Waals surface area contributed by atoms with Crippen molar-refractivity contribution in [2.45, 2.75) is 12.5 Å². The van der Waals surface area contributed by atoms with Crippen LogP contribution in [-0.2, 0) is 0 Å². The maximum Gasteiger partial charge on any atom is 0.271 e. The highest BCUT2D eigenvalue weighted by Crippen LogP contribution is 1.99. The molecule has 140 valence electrons. The van der Waals surface area contributed by atoms with Gasteiger partial charge in [0.2, 0.25) is 0 Å². The maximum absolute atomic E-state index is 12.0. The second-order valence-electron chi connectivity index (χ2n) is 5.52. The fraction of sp³-hybridized carbons (Fsp3) is 0.158. The monoisotopic (exact) mass is 368 g/mol. The Hall–Kier alpha value is -3.36. The van der Waals surface area contributed by atoms with Gasteiger partial charge in [0.15, 0.2) is 0 Å². The normalized spacial score (nSPS) is 12.6. The number of hydrazone groups is 2. The number of aliphatic hydroxyl groups excluding tert-OH is 2. The number of benzene rings is 2. The van der Waals surface area contributed by atoms with Crippen LogP contribution in [-0.4, -0.2) is 46.7 Å². The molecule has 27 heavy (non-hydrogen) atoms. The van der Waals surface area contributed by atoms with E-state index in [1.54, 1.807) is 60.7 Å². The summed E-state index contributed by atoms with van der Waals surface area (Å²) in [6.45, 7) is -0.476. The predicted molar refractivity (Wildman–Crippen MR) is 101 cm³/mol. The minimum absolute atomic E-state index is 0.0592. The molecule has 0 heterocycles. The van der Waals surface area contributed by atoms with Crippen LogP contribution in [0.1, 0.15) is 27.1 Å². The van der Waals surface area contributed by atoms with Gasteiger partial charge in [0.1, 0.15) is 0 Å². The minimum atomic E-state index is -1.08. The summed E-state index contributed by atoms with van der Waals surface area (Å²) < 4.78 is 0. The van der Waals surface area contributed by atoms with Gasteiger partial charge in [0, 0.05) is 17.5 Å². The molecule has 1 unspecified atom stereocenters. The number of amides is 2. The Morgan fingerprint density at radius 3 is 1.96 bits per heavy atom. The summed E-state index contributed by atoms with van der Waals surface area (Å²) in [7, 11) is 0. The highest BCUT2D eigenvalue weighted by atomic mass is 16.3. The molecule has 0 aliphatic carbocycles. The average molecular weight is 368 g/mol. The largest absolute Gasteiger partial charge is 0.394 e. The maximum atomic E-state index is 12.0. The first kappa shape index (κ1) is 20.0. The van der Waals surface area contributed by atoms with E-state index >= 15 is 0 Å². The molecule has 0 saturated carbocycles. The lowest BCUT2D eigenvalue weighted by Gasteiger charge is -2.07. The second-order valence-corrected chi connectivity index (χ2v) is 5.52. The van der Waals surface area contributed by atoms with E-state index in [1.165, 1.54) is 6.21 Å². The molecule has 0 bridgehead atoms. The molecule has 1 atom stereocenters. The quantitative estimate of drug-likeness (QED) is 0.409. The fourth-order valence-corrected chi connectivity index (χ4v) is 2.03.